The first-order valence-electron chi connectivity index (χ1n) is 6.62. The second-order valence-corrected chi connectivity index (χ2v) is 4.62. The molecule has 0 spiro atoms. The number of benzene rings is 1. The van der Waals surface area contributed by atoms with Crippen molar-refractivity contribution in [2.45, 2.75) is 19.9 Å². The summed E-state index contributed by atoms with van der Waals surface area (Å²) in [5.74, 6) is -0.165. The van der Waals surface area contributed by atoms with E-state index in [-0.39, 0.29) is 5.76 Å². The second-order valence-electron chi connectivity index (χ2n) is 4.62. The summed E-state index contributed by atoms with van der Waals surface area (Å²) in [6.07, 6.45) is 2.46. The molecule has 0 atom stereocenters. The van der Waals surface area contributed by atoms with Crippen LogP contribution in [0.5, 0.6) is 0 Å². The smallest absolute Gasteiger partial charge is 0.374 e. The Morgan fingerprint density at radius 2 is 2.05 bits per heavy atom. The summed E-state index contributed by atoms with van der Waals surface area (Å²) in [6.45, 7) is 3.55. The highest BCUT2D eigenvalue weighted by atomic mass is 16.5. The quantitative estimate of drug-likeness (QED) is 0.649. The van der Waals surface area contributed by atoms with Crippen molar-refractivity contribution < 1.29 is 13.9 Å². The molecule has 1 aromatic heterocycles. The fourth-order valence-electron chi connectivity index (χ4n) is 2.08. The maximum absolute atomic E-state index is 11.5. The van der Waals surface area contributed by atoms with Gasteiger partial charge in [-0.25, -0.2) is 4.79 Å². The molecule has 0 radical (unpaired) electrons. The standard InChI is InChI=1S/C16H19NO3/c1-12-5-3-4-6-13(12)7-9-17-11-14-8-10-20-15(14)16(18)19-2/h3-6,8,10,17H,7,9,11H2,1-2H3. The number of aryl methyl sites for hydroxylation is 1. The van der Waals surface area contributed by atoms with Crippen LogP contribution in [0.3, 0.4) is 0 Å². The van der Waals surface area contributed by atoms with E-state index in [9.17, 15) is 4.79 Å². The Balaban J connectivity index is 1.84. The van der Waals surface area contributed by atoms with Crippen molar-refractivity contribution in [3.8, 4) is 0 Å². The van der Waals surface area contributed by atoms with Gasteiger partial charge in [-0.2, -0.15) is 0 Å². The first-order chi connectivity index (χ1) is 9.72. The Morgan fingerprint density at radius 3 is 2.80 bits per heavy atom. The number of methoxy groups -OCH3 is 1. The van der Waals surface area contributed by atoms with Crippen molar-refractivity contribution in [2.24, 2.45) is 0 Å². The molecule has 0 bridgehead atoms. The third kappa shape index (κ3) is 3.48. The summed E-state index contributed by atoms with van der Waals surface area (Å²) in [7, 11) is 1.35. The second kappa shape index (κ2) is 6.91. The summed E-state index contributed by atoms with van der Waals surface area (Å²) in [4.78, 5) is 11.5. The van der Waals surface area contributed by atoms with Crippen LogP contribution in [0.2, 0.25) is 0 Å². The topological polar surface area (TPSA) is 51.5 Å². The van der Waals surface area contributed by atoms with Crippen LogP contribution in [-0.2, 0) is 17.7 Å². The highest BCUT2D eigenvalue weighted by Crippen LogP contribution is 2.12. The highest BCUT2D eigenvalue weighted by Gasteiger charge is 2.14. The van der Waals surface area contributed by atoms with E-state index in [4.69, 9.17) is 4.42 Å². The Morgan fingerprint density at radius 1 is 1.25 bits per heavy atom. The molecule has 0 saturated carbocycles. The zero-order chi connectivity index (χ0) is 14.4. The van der Waals surface area contributed by atoms with Crippen molar-refractivity contribution >= 4 is 5.97 Å². The normalized spacial score (nSPS) is 10.5. The summed E-state index contributed by atoms with van der Waals surface area (Å²) in [5.41, 5.74) is 3.45. The number of hydrogen-bond acceptors (Lipinski definition) is 4. The molecule has 1 aromatic carbocycles. The summed E-state index contributed by atoms with van der Waals surface area (Å²) in [5, 5.41) is 3.32. The number of esters is 1. The van der Waals surface area contributed by atoms with E-state index in [0.717, 1.165) is 18.5 Å². The van der Waals surface area contributed by atoms with E-state index in [1.807, 2.05) is 12.1 Å². The van der Waals surface area contributed by atoms with Crippen molar-refractivity contribution in [2.75, 3.05) is 13.7 Å². The molecule has 0 fully saturated rings. The van der Waals surface area contributed by atoms with Crippen molar-refractivity contribution in [1.29, 1.82) is 0 Å². The van der Waals surface area contributed by atoms with E-state index in [2.05, 4.69) is 29.1 Å². The Labute approximate surface area is 118 Å². The van der Waals surface area contributed by atoms with Gasteiger partial charge in [0.1, 0.15) is 0 Å². The van der Waals surface area contributed by atoms with Crippen molar-refractivity contribution in [3.63, 3.8) is 0 Å². The number of nitrogens with one attached hydrogen (secondary N) is 1. The van der Waals surface area contributed by atoms with Crippen LogP contribution in [-0.4, -0.2) is 19.6 Å². The summed E-state index contributed by atoms with van der Waals surface area (Å²) >= 11 is 0. The van der Waals surface area contributed by atoms with Gasteiger partial charge in [-0.3, -0.25) is 0 Å². The first-order valence-corrected chi connectivity index (χ1v) is 6.62. The van der Waals surface area contributed by atoms with Gasteiger partial charge in [0.05, 0.1) is 13.4 Å². The van der Waals surface area contributed by atoms with Gasteiger partial charge < -0.3 is 14.5 Å². The van der Waals surface area contributed by atoms with Crippen molar-refractivity contribution in [3.05, 3.63) is 59.0 Å². The summed E-state index contributed by atoms with van der Waals surface area (Å²) in [6, 6.07) is 10.1. The Kier molecular flexibility index (Phi) is 4.96. The van der Waals surface area contributed by atoms with Crippen LogP contribution in [0.25, 0.3) is 0 Å². The van der Waals surface area contributed by atoms with Crippen LogP contribution < -0.4 is 5.32 Å². The van der Waals surface area contributed by atoms with Gasteiger partial charge in [0.25, 0.3) is 0 Å². The molecule has 0 aliphatic heterocycles. The van der Waals surface area contributed by atoms with Crippen LogP contribution >= 0.6 is 0 Å². The maximum Gasteiger partial charge on any atom is 0.374 e. The van der Waals surface area contributed by atoms with Gasteiger partial charge in [0, 0.05) is 12.1 Å². The molecule has 1 heterocycles. The molecular weight excluding hydrogens is 254 g/mol. The van der Waals surface area contributed by atoms with Crippen LogP contribution in [0, 0.1) is 6.92 Å². The van der Waals surface area contributed by atoms with E-state index in [0.29, 0.717) is 6.54 Å². The minimum Gasteiger partial charge on any atom is -0.463 e. The maximum atomic E-state index is 11.5. The van der Waals surface area contributed by atoms with Crippen LogP contribution in [0.4, 0.5) is 0 Å². The lowest BCUT2D eigenvalue weighted by atomic mass is 10.1. The average Bonchev–Trinajstić information content (AvgIpc) is 2.93. The molecule has 4 heteroatoms. The summed E-state index contributed by atoms with van der Waals surface area (Å²) < 4.78 is 9.80. The molecule has 0 saturated heterocycles. The van der Waals surface area contributed by atoms with Crippen molar-refractivity contribution in [1.82, 2.24) is 5.32 Å². The van der Waals surface area contributed by atoms with E-state index in [1.165, 1.54) is 24.5 Å². The van der Waals surface area contributed by atoms with Gasteiger partial charge in [-0.05, 0) is 37.1 Å². The van der Waals surface area contributed by atoms with E-state index in [1.54, 1.807) is 6.07 Å². The van der Waals surface area contributed by atoms with E-state index >= 15 is 0 Å². The molecule has 4 nitrogen and oxygen atoms in total. The minimum atomic E-state index is -0.439. The Hall–Kier alpha value is -2.07. The van der Waals surface area contributed by atoms with Gasteiger partial charge >= 0.3 is 5.97 Å². The third-order valence-electron chi connectivity index (χ3n) is 3.27. The van der Waals surface area contributed by atoms with E-state index < -0.39 is 5.97 Å². The van der Waals surface area contributed by atoms with Gasteiger partial charge in [-0.15, -0.1) is 0 Å². The number of furan rings is 1. The van der Waals surface area contributed by atoms with Crippen LogP contribution in [0.1, 0.15) is 27.2 Å². The largest absolute Gasteiger partial charge is 0.463 e. The molecular formula is C16H19NO3. The number of carbonyl (C=O) groups is 1. The third-order valence-corrected chi connectivity index (χ3v) is 3.27. The molecule has 20 heavy (non-hydrogen) atoms. The number of carbonyl (C=O) groups excluding carboxylic acids is 1. The average molecular weight is 273 g/mol. The molecule has 0 amide bonds. The molecule has 0 aliphatic carbocycles. The molecule has 2 rings (SSSR count). The lowest BCUT2D eigenvalue weighted by Gasteiger charge is -2.07. The number of hydrogen-bond donors (Lipinski definition) is 1. The molecule has 106 valence electrons. The molecule has 1 N–H and O–H groups in total. The zero-order valence-corrected chi connectivity index (χ0v) is 11.8. The van der Waals surface area contributed by atoms with Crippen LogP contribution in [0.15, 0.2) is 41.0 Å². The first kappa shape index (κ1) is 14.3. The molecule has 0 unspecified atom stereocenters. The lowest BCUT2D eigenvalue weighted by Crippen LogP contribution is -2.18. The number of rotatable bonds is 6. The zero-order valence-electron chi connectivity index (χ0n) is 11.8. The molecule has 0 aliphatic rings. The monoisotopic (exact) mass is 273 g/mol. The Bertz CT molecular complexity index is 575. The minimum absolute atomic E-state index is 0.274. The van der Waals surface area contributed by atoms with Gasteiger partial charge in [-0.1, -0.05) is 24.3 Å². The highest BCUT2D eigenvalue weighted by molar-refractivity contribution is 5.87. The fourth-order valence-corrected chi connectivity index (χ4v) is 2.08. The number of ether oxygens (including phenoxy) is 1. The van der Waals surface area contributed by atoms with Gasteiger partial charge in [0.15, 0.2) is 0 Å². The predicted octanol–water partition coefficient (Wildman–Crippen LogP) is 2.71. The predicted molar refractivity (Wildman–Crippen MR) is 76.6 cm³/mol. The van der Waals surface area contributed by atoms with Gasteiger partial charge in [0.2, 0.25) is 5.76 Å². The lowest BCUT2D eigenvalue weighted by molar-refractivity contribution is 0.0563. The molecule has 2 aromatic rings. The fraction of sp³-hybridized carbons (Fsp3) is 0.312. The SMILES string of the molecule is COC(=O)c1occc1CNCCc1ccccc1C.